The smallest absolute Gasteiger partial charge is 0.160 e. The molecule has 8 aromatic rings. The van der Waals surface area contributed by atoms with Gasteiger partial charge in [0.05, 0.1) is 16.8 Å². The molecule has 0 saturated heterocycles. The third-order valence-corrected chi connectivity index (χ3v) is 10.3. The van der Waals surface area contributed by atoms with Crippen LogP contribution in [-0.4, -0.2) is 9.97 Å². The summed E-state index contributed by atoms with van der Waals surface area (Å²) in [5, 5.41) is 0. The lowest BCUT2D eigenvalue weighted by Gasteiger charge is -2.30. The van der Waals surface area contributed by atoms with Crippen LogP contribution >= 0.6 is 0 Å². The topological polar surface area (TPSA) is 25.8 Å². The number of benzene rings is 7. The van der Waals surface area contributed by atoms with E-state index in [4.69, 9.17) is 9.97 Å². The van der Waals surface area contributed by atoms with Crippen LogP contribution in [0.3, 0.4) is 0 Å². The van der Waals surface area contributed by atoms with Gasteiger partial charge < -0.3 is 0 Å². The second-order valence-corrected chi connectivity index (χ2v) is 12.9. The lowest BCUT2D eigenvalue weighted by Crippen LogP contribution is -2.25. The van der Waals surface area contributed by atoms with Crippen molar-refractivity contribution >= 4 is 0 Å². The average molecular weight is 623 g/mol. The maximum atomic E-state index is 5.34. The Bertz CT molecular complexity index is 2490. The Hall–Kier alpha value is -6.38. The molecule has 0 bridgehead atoms. The van der Waals surface area contributed by atoms with Crippen molar-refractivity contribution < 1.29 is 0 Å². The summed E-state index contributed by atoms with van der Waals surface area (Å²) in [4.78, 5) is 10.5. The van der Waals surface area contributed by atoms with Crippen LogP contribution in [0, 0.1) is 0 Å². The van der Waals surface area contributed by atoms with Gasteiger partial charge >= 0.3 is 0 Å². The van der Waals surface area contributed by atoms with Crippen molar-refractivity contribution in [3.8, 4) is 67.3 Å². The SMILES string of the molecule is c1ccc(-c2ccc(-c3nc(-c4ccccc4)cc(-c4cccc5c4-c4ccccc4C54c5ccccc5-c5ccccc54)n3)cc2)cc1. The molecule has 2 nitrogen and oxygen atoms in total. The van der Waals surface area contributed by atoms with Gasteiger partial charge in [-0.25, -0.2) is 9.97 Å². The molecule has 2 heteroatoms. The minimum atomic E-state index is -0.402. The summed E-state index contributed by atoms with van der Waals surface area (Å²) in [6.07, 6.45) is 0. The molecule has 2 aliphatic rings. The van der Waals surface area contributed by atoms with Crippen LogP contribution in [0.25, 0.3) is 67.3 Å². The molecule has 1 spiro atoms. The maximum Gasteiger partial charge on any atom is 0.160 e. The lowest BCUT2D eigenvalue weighted by atomic mass is 9.70. The van der Waals surface area contributed by atoms with Crippen LogP contribution in [0.15, 0.2) is 182 Å². The fourth-order valence-corrected chi connectivity index (χ4v) is 8.27. The third-order valence-electron chi connectivity index (χ3n) is 10.3. The van der Waals surface area contributed by atoms with Crippen LogP contribution in [0.5, 0.6) is 0 Å². The van der Waals surface area contributed by atoms with E-state index in [2.05, 4.69) is 170 Å². The van der Waals surface area contributed by atoms with Gasteiger partial charge in [0, 0.05) is 16.7 Å². The second-order valence-electron chi connectivity index (χ2n) is 12.9. The molecule has 2 aliphatic carbocycles. The maximum absolute atomic E-state index is 5.34. The number of hydrogen-bond acceptors (Lipinski definition) is 2. The van der Waals surface area contributed by atoms with Crippen LogP contribution in [-0.2, 0) is 5.41 Å². The Morgan fingerprint density at radius 2 is 0.755 bits per heavy atom. The van der Waals surface area contributed by atoms with E-state index in [9.17, 15) is 0 Å². The summed E-state index contributed by atoms with van der Waals surface area (Å²) in [7, 11) is 0. The van der Waals surface area contributed by atoms with E-state index in [0.29, 0.717) is 5.82 Å². The fraction of sp³-hybridized carbons (Fsp3) is 0.0213. The molecule has 7 aromatic carbocycles. The van der Waals surface area contributed by atoms with Crippen LogP contribution < -0.4 is 0 Å². The molecule has 10 rings (SSSR count). The van der Waals surface area contributed by atoms with Crippen molar-refractivity contribution in [3.05, 3.63) is 204 Å². The molecule has 0 atom stereocenters. The van der Waals surface area contributed by atoms with Gasteiger partial charge in [-0.2, -0.15) is 0 Å². The monoisotopic (exact) mass is 622 g/mol. The largest absolute Gasteiger partial charge is 0.228 e. The Labute approximate surface area is 286 Å². The van der Waals surface area contributed by atoms with Crippen molar-refractivity contribution in [2.45, 2.75) is 5.41 Å². The molecule has 49 heavy (non-hydrogen) atoms. The molecular formula is C47H30N2. The van der Waals surface area contributed by atoms with Crippen LogP contribution in [0.2, 0.25) is 0 Å². The van der Waals surface area contributed by atoms with E-state index in [-0.39, 0.29) is 0 Å². The van der Waals surface area contributed by atoms with Crippen molar-refractivity contribution in [2.75, 3.05) is 0 Å². The van der Waals surface area contributed by atoms with E-state index in [1.807, 2.05) is 12.1 Å². The first-order valence-corrected chi connectivity index (χ1v) is 16.8. The summed E-state index contributed by atoms with van der Waals surface area (Å²) in [6, 6.07) is 65.3. The summed E-state index contributed by atoms with van der Waals surface area (Å²) < 4.78 is 0. The molecule has 0 unspecified atom stereocenters. The first-order chi connectivity index (χ1) is 24.3. The quantitative estimate of drug-likeness (QED) is 0.195. The van der Waals surface area contributed by atoms with E-state index in [1.165, 1.54) is 55.6 Å². The predicted molar refractivity (Wildman–Crippen MR) is 200 cm³/mol. The number of aromatic nitrogens is 2. The third kappa shape index (κ3) is 4.07. The molecule has 228 valence electrons. The van der Waals surface area contributed by atoms with Gasteiger partial charge in [-0.1, -0.05) is 176 Å². The van der Waals surface area contributed by atoms with Crippen LogP contribution in [0.4, 0.5) is 0 Å². The number of fused-ring (bicyclic) bond motifs is 10. The normalized spacial score (nSPS) is 13.1. The highest BCUT2D eigenvalue weighted by molar-refractivity contribution is 5.99. The highest BCUT2D eigenvalue weighted by Crippen LogP contribution is 2.63. The lowest BCUT2D eigenvalue weighted by molar-refractivity contribution is 0.794. The number of rotatable bonds is 4. The van der Waals surface area contributed by atoms with Gasteiger partial charge in [-0.15, -0.1) is 0 Å². The predicted octanol–water partition coefficient (Wildman–Crippen LogP) is 11.5. The van der Waals surface area contributed by atoms with Gasteiger partial charge in [0.2, 0.25) is 0 Å². The minimum Gasteiger partial charge on any atom is -0.228 e. The molecular weight excluding hydrogens is 593 g/mol. The van der Waals surface area contributed by atoms with E-state index < -0.39 is 5.41 Å². The molecule has 0 saturated carbocycles. The minimum absolute atomic E-state index is 0.402. The molecule has 0 fully saturated rings. The molecule has 0 N–H and O–H groups in total. The Kier molecular flexibility index (Phi) is 6.13. The van der Waals surface area contributed by atoms with Crippen molar-refractivity contribution in [3.63, 3.8) is 0 Å². The Balaban J connectivity index is 1.22. The average Bonchev–Trinajstić information content (AvgIpc) is 3.66. The highest BCUT2D eigenvalue weighted by atomic mass is 14.9. The zero-order valence-corrected chi connectivity index (χ0v) is 26.7. The van der Waals surface area contributed by atoms with E-state index >= 15 is 0 Å². The van der Waals surface area contributed by atoms with Crippen molar-refractivity contribution in [1.82, 2.24) is 9.97 Å². The standard InChI is InChI=1S/C47H30N2/c1-3-14-31(15-4-1)32-26-28-34(29-27-32)46-48-43(33-16-5-2-6-17-33)30-44(49-46)38-21-13-25-42-45(38)37-20-9-12-24-41(37)47(42)39-22-10-7-18-35(39)36-19-8-11-23-40(36)47/h1-30H. The van der Waals surface area contributed by atoms with Gasteiger partial charge in [-0.05, 0) is 61.7 Å². The first-order valence-electron chi connectivity index (χ1n) is 16.8. The Morgan fingerprint density at radius 3 is 1.41 bits per heavy atom. The van der Waals surface area contributed by atoms with Crippen LogP contribution in [0.1, 0.15) is 22.3 Å². The molecule has 0 aliphatic heterocycles. The molecule has 1 aromatic heterocycles. The number of hydrogen-bond donors (Lipinski definition) is 0. The highest BCUT2D eigenvalue weighted by Gasteiger charge is 2.52. The number of nitrogens with zero attached hydrogens (tertiary/aromatic N) is 2. The molecule has 1 heterocycles. The Morgan fingerprint density at radius 1 is 0.306 bits per heavy atom. The summed E-state index contributed by atoms with van der Waals surface area (Å²) >= 11 is 0. The van der Waals surface area contributed by atoms with Gasteiger partial charge in [0.25, 0.3) is 0 Å². The first kappa shape index (κ1) is 27.7. The summed E-state index contributed by atoms with van der Waals surface area (Å²) in [6.45, 7) is 0. The summed E-state index contributed by atoms with van der Waals surface area (Å²) in [5.74, 6) is 0.714. The van der Waals surface area contributed by atoms with Crippen molar-refractivity contribution in [2.24, 2.45) is 0 Å². The van der Waals surface area contributed by atoms with E-state index in [0.717, 1.165) is 28.1 Å². The van der Waals surface area contributed by atoms with Gasteiger partial charge in [0.15, 0.2) is 5.82 Å². The van der Waals surface area contributed by atoms with Gasteiger partial charge in [-0.3, -0.25) is 0 Å². The van der Waals surface area contributed by atoms with E-state index in [1.54, 1.807) is 0 Å². The summed E-state index contributed by atoms with van der Waals surface area (Å²) in [5.41, 5.74) is 17.4. The zero-order valence-electron chi connectivity index (χ0n) is 26.7. The molecule has 0 radical (unpaired) electrons. The molecule has 0 amide bonds. The second kappa shape index (κ2) is 10.8. The van der Waals surface area contributed by atoms with Crippen molar-refractivity contribution in [1.29, 1.82) is 0 Å². The van der Waals surface area contributed by atoms with Gasteiger partial charge in [0.1, 0.15) is 0 Å². The fourth-order valence-electron chi connectivity index (χ4n) is 8.27. The zero-order chi connectivity index (χ0) is 32.4.